The van der Waals surface area contributed by atoms with E-state index in [1.807, 2.05) is 6.07 Å². The molecule has 2 nitrogen and oxygen atoms in total. The highest BCUT2D eigenvalue weighted by molar-refractivity contribution is 9.10. The van der Waals surface area contributed by atoms with Crippen LogP contribution in [0.15, 0.2) is 28.1 Å². The first kappa shape index (κ1) is 11.2. The third-order valence-corrected chi connectivity index (χ3v) is 5.37. The Labute approximate surface area is 115 Å². The first-order valence-corrected chi connectivity index (χ1v) is 7.54. The molecule has 0 spiro atoms. The molecule has 5 heteroatoms. The lowest BCUT2D eigenvalue weighted by Crippen LogP contribution is -1.82. The summed E-state index contributed by atoms with van der Waals surface area (Å²) in [5, 5.41) is 4.02. The average Bonchev–Trinajstić information content (AvgIpc) is 2.83. The zero-order valence-corrected chi connectivity index (χ0v) is 12.2. The topological polar surface area (TPSA) is 38.9 Å². The number of thiophene rings is 1. The number of hydrogen-bond acceptors (Lipinski definition) is 4. The number of nitrogen functional groups attached to an aromatic ring is 1. The van der Waals surface area contributed by atoms with Crippen molar-refractivity contribution in [3.8, 4) is 11.3 Å². The van der Waals surface area contributed by atoms with Crippen molar-refractivity contribution in [3.05, 3.63) is 32.9 Å². The Balaban J connectivity index is 2.32. The van der Waals surface area contributed by atoms with Crippen molar-refractivity contribution in [1.29, 1.82) is 0 Å². The third-order valence-electron chi connectivity index (χ3n) is 2.62. The summed E-state index contributed by atoms with van der Waals surface area (Å²) >= 11 is 6.84. The Morgan fingerprint density at radius 2 is 2.18 bits per heavy atom. The van der Waals surface area contributed by atoms with Gasteiger partial charge < -0.3 is 5.73 Å². The number of thiazole rings is 1. The molecule has 0 amide bonds. The predicted molar refractivity (Wildman–Crippen MR) is 79.8 cm³/mol. The Bertz CT molecular complexity index is 700. The highest BCUT2D eigenvalue weighted by Gasteiger charge is 2.13. The summed E-state index contributed by atoms with van der Waals surface area (Å²) in [7, 11) is 0. The van der Waals surface area contributed by atoms with Crippen molar-refractivity contribution in [2.24, 2.45) is 0 Å². The van der Waals surface area contributed by atoms with Crippen LogP contribution in [-0.2, 0) is 0 Å². The first-order chi connectivity index (χ1) is 8.16. The molecular weight excluding hydrogens is 316 g/mol. The fraction of sp³-hybridized carbons (Fsp3) is 0.0833. The van der Waals surface area contributed by atoms with Crippen LogP contribution < -0.4 is 5.73 Å². The molecule has 3 rings (SSSR count). The number of halogens is 1. The quantitative estimate of drug-likeness (QED) is 0.706. The van der Waals surface area contributed by atoms with Crippen molar-refractivity contribution in [1.82, 2.24) is 4.98 Å². The molecule has 0 bridgehead atoms. The highest BCUT2D eigenvalue weighted by atomic mass is 79.9. The minimum absolute atomic E-state index is 0.631. The van der Waals surface area contributed by atoms with Gasteiger partial charge in [0.15, 0.2) is 5.13 Å². The molecule has 0 aliphatic heterocycles. The first-order valence-electron chi connectivity index (χ1n) is 5.06. The maximum Gasteiger partial charge on any atom is 0.180 e. The second-order valence-corrected chi connectivity index (χ2v) is 6.69. The van der Waals surface area contributed by atoms with Crippen molar-refractivity contribution >= 4 is 53.8 Å². The minimum atomic E-state index is 0.631. The molecule has 0 aliphatic carbocycles. The Kier molecular flexibility index (Phi) is 2.69. The number of nitrogens with zero attached hydrogens (tertiary/aromatic N) is 1. The van der Waals surface area contributed by atoms with Gasteiger partial charge in [-0.3, -0.25) is 0 Å². The summed E-state index contributed by atoms with van der Waals surface area (Å²) in [4.78, 5) is 5.59. The maximum absolute atomic E-state index is 5.76. The van der Waals surface area contributed by atoms with Crippen LogP contribution in [0.25, 0.3) is 21.3 Å². The van der Waals surface area contributed by atoms with E-state index in [-0.39, 0.29) is 0 Å². The molecule has 86 valence electrons. The predicted octanol–water partition coefficient (Wildman–Crippen LogP) is 4.68. The summed E-state index contributed by atoms with van der Waals surface area (Å²) in [5.74, 6) is 0. The molecule has 0 radical (unpaired) electrons. The molecule has 2 N–H and O–H groups in total. The maximum atomic E-state index is 5.76. The van der Waals surface area contributed by atoms with E-state index >= 15 is 0 Å². The standard InChI is InChI=1S/C12H9BrN2S2/c1-6-10(15-12(14)17-6)8-5-16-11-7(8)3-2-4-9(11)13/h2-5H,1H3,(H2,14,15). The van der Waals surface area contributed by atoms with Gasteiger partial charge in [-0.15, -0.1) is 22.7 Å². The van der Waals surface area contributed by atoms with Crippen molar-refractivity contribution in [3.63, 3.8) is 0 Å². The molecule has 3 aromatic rings. The summed E-state index contributed by atoms with van der Waals surface area (Å²) in [5.41, 5.74) is 7.95. The number of anilines is 1. The molecule has 0 unspecified atom stereocenters. The molecule has 0 aliphatic rings. The fourth-order valence-corrected chi connectivity index (χ4v) is 4.18. The van der Waals surface area contributed by atoms with Crippen LogP contribution in [0.4, 0.5) is 5.13 Å². The van der Waals surface area contributed by atoms with Crippen molar-refractivity contribution in [2.45, 2.75) is 6.92 Å². The molecule has 0 fully saturated rings. The third kappa shape index (κ3) is 1.78. The van der Waals surface area contributed by atoms with Crippen LogP contribution in [0.1, 0.15) is 4.88 Å². The summed E-state index contributed by atoms with van der Waals surface area (Å²) in [6, 6.07) is 6.24. The molecule has 0 atom stereocenters. The number of aryl methyl sites for hydroxylation is 1. The summed E-state index contributed by atoms with van der Waals surface area (Å²) in [6.07, 6.45) is 0. The summed E-state index contributed by atoms with van der Waals surface area (Å²) in [6.45, 7) is 2.06. The Morgan fingerprint density at radius 3 is 2.88 bits per heavy atom. The zero-order chi connectivity index (χ0) is 12.0. The number of nitrogens with two attached hydrogens (primary N) is 1. The second-order valence-electron chi connectivity index (χ2n) is 3.72. The molecule has 17 heavy (non-hydrogen) atoms. The lowest BCUT2D eigenvalue weighted by atomic mass is 10.1. The normalized spacial score (nSPS) is 11.2. The van der Waals surface area contributed by atoms with Crippen LogP contribution in [-0.4, -0.2) is 4.98 Å². The van der Waals surface area contributed by atoms with Gasteiger partial charge in [-0.05, 0) is 28.9 Å². The largest absolute Gasteiger partial charge is 0.375 e. The Hall–Kier alpha value is -0.910. The van der Waals surface area contributed by atoms with Crippen molar-refractivity contribution < 1.29 is 0 Å². The van der Waals surface area contributed by atoms with Crippen LogP contribution in [0.3, 0.4) is 0 Å². The van der Waals surface area contributed by atoms with Crippen LogP contribution in [0, 0.1) is 6.92 Å². The van der Waals surface area contributed by atoms with Gasteiger partial charge in [-0.2, -0.15) is 0 Å². The van der Waals surface area contributed by atoms with Crippen LogP contribution >= 0.6 is 38.6 Å². The molecular formula is C12H9BrN2S2. The molecule has 2 aromatic heterocycles. The van der Waals surface area contributed by atoms with Gasteiger partial charge >= 0.3 is 0 Å². The number of aromatic nitrogens is 1. The fourth-order valence-electron chi connectivity index (χ4n) is 1.87. The van der Waals surface area contributed by atoms with Crippen LogP contribution in [0.5, 0.6) is 0 Å². The van der Waals surface area contributed by atoms with E-state index in [1.54, 1.807) is 11.3 Å². The monoisotopic (exact) mass is 324 g/mol. The second kappa shape index (κ2) is 4.08. The van der Waals surface area contributed by atoms with E-state index in [2.05, 4.69) is 45.4 Å². The van der Waals surface area contributed by atoms with E-state index in [4.69, 9.17) is 5.73 Å². The number of benzene rings is 1. The van der Waals surface area contributed by atoms with Crippen molar-refractivity contribution in [2.75, 3.05) is 5.73 Å². The molecule has 2 heterocycles. The lowest BCUT2D eigenvalue weighted by Gasteiger charge is -1.97. The van der Waals surface area contributed by atoms with E-state index in [1.165, 1.54) is 31.9 Å². The van der Waals surface area contributed by atoms with Gasteiger partial charge in [0.25, 0.3) is 0 Å². The molecule has 1 aromatic carbocycles. The van der Waals surface area contributed by atoms with E-state index in [9.17, 15) is 0 Å². The molecule has 0 saturated carbocycles. The average molecular weight is 325 g/mol. The van der Waals surface area contributed by atoms with E-state index in [0.717, 1.165) is 10.2 Å². The Morgan fingerprint density at radius 1 is 1.35 bits per heavy atom. The number of rotatable bonds is 1. The van der Waals surface area contributed by atoms with Gasteiger partial charge in [0.2, 0.25) is 0 Å². The van der Waals surface area contributed by atoms with Crippen LogP contribution in [0.2, 0.25) is 0 Å². The zero-order valence-electron chi connectivity index (χ0n) is 9.03. The molecule has 0 saturated heterocycles. The van der Waals surface area contributed by atoms with E-state index in [0.29, 0.717) is 5.13 Å². The van der Waals surface area contributed by atoms with Gasteiger partial charge in [0.05, 0.1) is 5.69 Å². The number of hydrogen-bond donors (Lipinski definition) is 1. The van der Waals surface area contributed by atoms with E-state index < -0.39 is 0 Å². The minimum Gasteiger partial charge on any atom is -0.375 e. The van der Waals surface area contributed by atoms with Gasteiger partial charge in [-0.25, -0.2) is 4.98 Å². The van der Waals surface area contributed by atoms with Gasteiger partial charge in [0.1, 0.15) is 0 Å². The smallest absolute Gasteiger partial charge is 0.180 e. The summed E-state index contributed by atoms with van der Waals surface area (Å²) < 4.78 is 2.39. The highest BCUT2D eigenvalue weighted by Crippen LogP contribution is 2.39. The number of fused-ring (bicyclic) bond motifs is 1. The lowest BCUT2D eigenvalue weighted by molar-refractivity contribution is 1.39. The SMILES string of the molecule is Cc1sc(N)nc1-c1csc2c(Br)cccc12. The van der Waals surface area contributed by atoms with Gasteiger partial charge in [-0.1, -0.05) is 12.1 Å². The van der Waals surface area contributed by atoms with Gasteiger partial charge in [0, 0.05) is 30.4 Å².